The van der Waals surface area contributed by atoms with Crippen molar-refractivity contribution < 1.29 is 23.8 Å². The van der Waals surface area contributed by atoms with Crippen LogP contribution in [0.5, 0.6) is 5.75 Å². The van der Waals surface area contributed by atoms with E-state index in [0.717, 1.165) is 5.57 Å². The molecule has 2 aromatic rings. The fraction of sp³-hybridized carbons (Fsp3) is 0.318. The first-order chi connectivity index (χ1) is 15.7. The fourth-order valence-electron chi connectivity index (χ4n) is 4.33. The number of nitrogens with zero attached hydrogens (tertiary/aromatic N) is 3. The van der Waals surface area contributed by atoms with Gasteiger partial charge < -0.3 is 20.1 Å². The van der Waals surface area contributed by atoms with E-state index < -0.39 is 40.5 Å². The number of likely N-dealkylation sites (N-methyl/N-ethyl adjacent to an activating group) is 1. The number of hydrogen-bond acceptors (Lipinski definition) is 6. The summed E-state index contributed by atoms with van der Waals surface area (Å²) in [5.74, 6) is -2.95. The number of pyridine rings is 1. The second-order valence-electron chi connectivity index (χ2n) is 7.95. The molecule has 2 N–H and O–H groups in total. The summed E-state index contributed by atoms with van der Waals surface area (Å²) < 4.78 is 20.8. The number of ether oxygens (including phenoxy) is 1. The highest BCUT2D eigenvalue weighted by molar-refractivity contribution is 6.30. The molecule has 0 aliphatic carbocycles. The lowest BCUT2D eigenvalue weighted by Crippen LogP contribution is -2.60. The number of amides is 2. The molecule has 4 rings (SSSR count). The monoisotopic (exact) mass is 476 g/mol. The minimum Gasteiger partial charge on any atom is -0.502 e. The van der Waals surface area contributed by atoms with Crippen LogP contribution in [0.25, 0.3) is 0 Å². The second-order valence-corrected chi connectivity index (χ2v) is 8.36. The standard InChI is InChI=1S/C22H22ClFN4O5/c1-11-7-13(10-33-3)28-21(11)26(2)22(32)17-19(30)18(29)14(9-27(17)28)20(31)25-8-12-5-4-6-15(23)16(12)24/h4-6,9,13,21,30H,1,7-8,10H2,2-3H3,(H,25,31)/t13?,21-/m0/s1. The van der Waals surface area contributed by atoms with Gasteiger partial charge in [-0.25, -0.2) is 4.39 Å². The minimum absolute atomic E-state index is 0.0969. The largest absolute Gasteiger partial charge is 0.502 e. The maximum Gasteiger partial charge on any atom is 0.278 e. The van der Waals surface area contributed by atoms with Crippen molar-refractivity contribution in [2.24, 2.45) is 0 Å². The molecular formula is C22H22ClFN4O5. The van der Waals surface area contributed by atoms with Crippen LogP contribution in [0.3, 0.4) is 0 Å². The van der Waals surface area contributed by atoms with E-state index in [0.29, 0.717) is 13.0 Å². The first-order valence-corrected chi connectivity index (χ1v) is 10.5. The molecule has 9 nitrogen and oxygen atoms in total. The van der Waals surface area contributed by atoms with Gasteiger partial charge in [-0.1, -0.05) is 30.3 Å². The lowest BCUT2D eigenvalue weighted by atomic mass is 10.1. The van der Waals surface area contributed by atoms with E-state index in [4.69, 9.17) is 16.3 Å². The average molecular weight is 477 g/mol. The number of aromatic nitrogens is 1. The predicted octanol–water partition coefficient (Wildman–Crippen LogP) is 1.60. The highest BCUT2D eigenvalue weighted by atomic mass is 35.5. The molecule has 2 atom stereocenters. The molecule has 1 unspecified atom stereocenters. The molecule has 2 aliphatic rings. The molecular weight excluding hydrogens is 455 g/mol. The molecule has 0 bridgehead atoms. The van der Waals surface area contributed by atoms with E-state index in [1.54, 1.807) is 12.1 Å². The van der Waals surface area contributed by atoms with Crippen molar-refractivity contribution in [2.75, 3.05) is 25.8 Å². The Labute approximate surface area is 193 Å². The number of halogens is 2. The summed E-state index contributed by atoms with van der Waals surface area (Å²) in [6.45, 7) is 4.11. The van der Waals surface area contributed by atoms with E-state index in [1.165, 1.54) is 41.1 Å². The Morgan fingerprint density at radius 2 is 2.12 bits per heavy atom. The predicted molar refractivity (Wildman–Crippen MR) is 118 cm³/mol. The number of benzene rings is 1. The molecule has 33 heavy (non-hydrogen) atoms. The van der Waals surface area contributed by atoms with Crippen molar-refractivity contribution in [3.05, 3.63) is 74.4 Å². The topological polar surface area (TPSA) is 104 Å². The van der Waals surface area contributed by atoms with E-state index in [-0.39, 0.29) is 28.9 Å². The van der Waals surface area contributed by atoms with Crippen molar-refractivity contribution in [2.45, 2.75) is 25.2 Å². The van der Waals surface area contributed by atoms with E-state index >= 15 is 0 Å². The summed E-state index contributed by atoms with van der Waals surface area (Å²) in [5, 5.41) is 14.7. The Morgan fingerprint density at radius 1 is 1.39 bits per heavy atom. The number of methoxy groups -OCH3 is 1. The van der Waals surface area contributed by atoms with Crippen LogP contribution in [-0.4, -0.2) is 59.5 Å². The molecule has 11 heteroatoms. The van der Waals surface area contributed by atoms with Crippen LogP contribution in [0, 0.1) is 5.82 Å². The number of carbonyl (C=O) groups is 2. The zero-order valence-electron chi connectivity index (χ0n) is 18.0. The Bertz CT molecular complexity index is 1230. The highest BCUT2D eigenvalue weighted by Gasteiger charge is 2.47. The van der Waals surface area contributed by atoms with Gasteiger partial charge in [-0.05, 0) is 18.1 Å². The number of rotatable bonds is 5. The van der Waals surface area contributed by atoms with Gasteiger partial charge in [0.15, 0.2) is 11.4 Å². The van der Waals surface area contributed by atoms with Crippen molar-refractivity contribution in [1.29, 1.82) is 0 Å². The van der Waals surface area contributed by atoms with Crippen LogP contribution in [-0.2, 0) is 11.3 Å². The van der Waals surface area contributed by atoms with Gasteiger partial charge in [0.25, 0.3) is 11.8 Å². The summed E-state index contributed by atoms with van der Waals surface area (Å²) in [6.07, 6.45) is 1.18. The molecule has 1 aromatic heterocycles. The number of aromatic hydroxyl groups is 1. The van der Waals surface area contributed by atoms with E-state index in [9.17, 15) is 23.9 Å². The summed E-state index contributed by atoms with van der Waals surface area (Å²) >= 11 is 5.77. The van der Waals surface area contributed by atoms with Gasteiger partial charge in [0, 0.05) is 32.5 Å². The maximum atomic E-state index is 14.1. The van der Waals surface area contributed by atoms with Crippen LogP contribution in [0.1, 0.15) is 32.8 Å². The smallest absolute Gasteiger partial charge is 0.278 e. The van der Waals surface area contributed by atoms with E-state index in [1.807, 2.05) is 0 Å². The fourth-order valence-corrected chi connectivity index (χ4v) is 4.52. The summed E-state index contributed by atoms with van der Waals surface area (Å²) in [6, 6.07) is 4.11. The number of fused-ring (bicyclic) bond motifs is 3. The van der Waals surface area contributed by atoms with Gasteiger partial charge >= 0.3 is 0 Å². The molecule has 0 radical (unpaired) electrons. The zero-order chi connectivity index (χ0) is 24.0. The van der Waals surface area contributed by atoms with Crippen molar-refractivity contribution in [3.63, 3.8) is 0 Å². The molecule has 0 saturated carbocycles. The van der Waals surface area contributed by atoms with Crippen LogP contribution in [0.2, 0.25) is 5.02 Å². The van der Waals surface area contributed by atoms with Crippen LogP contribution in [0.4, 0.5) is 4.39 Å². The molecule has 1 saturated heterocycles. The van der Waals surface area contributed by atoms with Crippen LogP contribution < -0.4 is 15.8 Å². The quantitative estimate of drug-likeness (QED) is 0.635. The number of carbonyl (C=O) groups excluding carboxylic acids is 2. The van der Waals surface area contributed by atoms with Crippen molar-refractivity contribution in [3.8, 4) is 5.75 Å². The first kappa shape index (κ1) is 22.8. The Balaban J connectivity index is 1.74. The maximum absolute atomic E-state index is 14.1. The van der Waals surface area contributed by atoms with Crippen LogP contribution >= 0.6 is 11.6 Å². The second kappa shape index (κ2) is 8.53. The molecule has 2 aliphatic heterocycles. The van der Waals surface area contributed by atoms with Crippen LogP contribution in [0.15, 0.2) is 41.3 Å². The highest BCUT2D eigenvalue weighted by Crippen LogP contribution is 2.35. The third-order valence-corrected chi connectivity index (χ3v) is 6.16. The minimum atomic E-state index is -1.01. The number of nitrogens with one attached hydrogen (secondary N) is 1. The van der Waals surface area contributed by atoms with E-state index in [2.05, 4.69) is 11.9 Å². The lowest BCUT2D eigenvalue weighted by Gasteiger charge is -2.43. The van der Waals surface area contributed by atoms with Gasteiger partial charge in [-0.3, -0.25) is 24.1 Å². The van der Waals surface area contributed by atoms with Crippen molar-refractivity contribution in [1.82, 2.24) is 14.9 Å². The first-order valence-electron chi connectivity index (χ1n) is 10.1. The third-order valence-electron chi connectivity index (χ3n) is 5.87. The van der Waals surface area contributed by atoms with Gasteiger partial charge in [-0.15, -0.1) is 0 Å². The van der Waals surface area contributed by atoms with Crippen molar-refractivity contribution >= 4 is 23.4 Å². The summed E-state index contributed by atoms with van der Waals surface area (Å²) in [5.41, 5.74) is -0.785. The van der Waals surface area contributed by atoms with Gasteiger partial charge in [0.2, 0.25) is 5.43 Å². The molecule has 3 heterocycles. The Hall–Kier alpha value is -3.37. The summed E-state index contributed by atoms with van der Waals surface area (Å²) in [7, 11) is 3.08. The molecule has 0 spiro atoms. The molecule has 174 valence electrons. The average Bonchev–Trinajstić information content (AvgIpc) is 3.11. The Kier molecular flexibility index (Phi) is 5.89. The van der Waals surface area contributed by atoms with Gasteiger partial charge in [-0.2, -0.15) is 0 Å². The van der Waals surface area contributed by atoms with Gasteiger partial charge in [0.1, 0.15) is 17.5 Å². The zero-order valence-corrected chi connectivity index (χ0v) is 18.7. The normalized spacial score (nSPS) is 19.5. The Morgan fingerprint density at radius 3 is 2.82 bits per heavy atom. The summed E-state index contributed by atoms with van der Waals surface area (Å²) in [4.78, 5) is 40.0. The number of hydrogen-bond donors (Lipinski definition) is 2. The molecule has 2 amide bonds. The SMILES string of the molecule is C=C1CC(COC)N2[C@@H]1N(C)C(=O)c1c(O)c(=O)c(C(=O)NCc3cccc(Cl)c3F)cn12. The molecule has 1 fully saturated rings. The lowest BCUT2D eigenvalue weighted by molar-refractivity contribution is 0.0660. The van der Waals surface area contributed by atoms with Gasteiger partial charge in [0.05, 0.1) is 17.7 Å². The third kappa shape index (κ3) is 3.65. The molecule has 1 aromatic carbocycles.